The van der Waals surface area contributed by atoms with E-state index < -0.39 is 23.4 Å². The molecule has 6 nitrogen and oxygen atoms in total. The summed E-state index contributed by atoms with van der Waals surface area (Å²) in [6.07, 6.45) is -0.413. The lowest BCUT2D eigenvalue weighted by Gasteiger charge is -2.29. The topological polar surface area (TPSA) is 104 Å². The number of rotatable bonds is 7. The summed E-state index contributed by atoms with van der Waals surface area (Å²) in [6.45, 7) is 7.19. The van der Waals surface area contributed by atoms with Gasteiger partial charge in [-0.15, -0.1) is 0 Å². The van der Waals surface area contributed by atoms with Gasteiger partial charge in [-0.2, -0.15) is 0 Å². The molecule has 0 aliphatic heterocycles. The number of aliphatic carboxylic acids is 2. The van der Waals surface area contributed by atoms with Gasteiger partial charge in [0, 0.05) is 11.8 Å². The van der Waals surface area contributed by atoms with Crippen LogP contribution in [0.5, 0.6) is 0 Å². The molecule has 0 aliphatic carbocycles. The zero-order valence-corrected chi connectivity index (χ0v) is 11.2. The maximum Gasteiger partial charge on any atom is 0.326 e. The summed E-state index contributed by atoms with van der Waals surface area (Å²) in [5.74, 6) is -2.63. The number of carbonyl (C=O) groups is 3. The second-order valence-corrected chi connectivity index (χ2v) is 5.17. The average molecular weight is 259 g/mol. The van der Waals surface area contributed by atoms with Gasteiger partial charge < -0.3 is 15.5 Å². The van der Waals surface area contributed by atoms with E-state index in [1.807, 2.05) is 13.8 Å². The molecule has 6 heteroatoms. The number of amides is 1. The number of hydrogen-bond donors (Lipinski definition) is 3. The van der Waals surface area contributed by atoms with E-state index in [-0.39, 0.29) is 24.7 Å². The minimum absolute atomic E-state index is 0.0476. The molecule has 0 saturated heterocycles. The van der Waals surface area contributed by atoms with Crippen molar-refractivity contribution in [2.24, 2.45) is 11.3 Å². The molecule has 1 amide bonds. The molecule has 0 aromatic carbocycles. The van der Waals surface area contributed by atoms with E-state index in [0.717, 1.165) is 0 Å². The molecule has 0 radical (unpaired) electrons. The third-order valence-corrected chi connectivity index (χ3v) is 3.28. The van der Waals surface area contributed by atoms with Gasteiger partial charge in [0.15, 0.2) is 0 Å². The third kappa shape index (κ3) is 4.73. The van der Waals surface area contributed by atoms with Crippen LogP contribution in [0.1, 0.15) is 40.5 Å². The van der Waals surface area contributed by atoms with Crippen molar-refractivity contribution in [2.75, 3.05) is 0 Å². The maximum absolute atomic E-state index is 11.9. The first-order valence-corrected chi connectivity index (χ1v) is 5.84. The van der Waals surface area contributed by atoms with Crippen LogP contribution in [-0.2, 0) is 14.4 Å². The van der Waals surface area contributed by atoms with Gasteiger partial charge in [-0.05, 0) is 12.3 Å². The van der Waals surface area contributed by atoms with E-state index in [1.165, 1.54) is 0 Å². The molecule has 0 aliphatic rings. The lowest BCUT2D eigenvalue weighted by atomic mass is 9.80. The van der Waals surface area contributed by atoms with E-state index in [1.54, 1.807) is 13.8 Å². The smallest absolute Gasteiger partial charge is 0.326 e. The highest BCUT2D eigenvalue weighted by molar-refractivity contribution is 5.87. The molecular formula is C12H21NO5. The number of hydrogen-bond acceptors (Lipinski definition) is 3. The van der Waals surface area contributed by atoms with Gasteiger partial charge in [-0.3, -0.25) is 9.59 Å². The van der Waals surface area contributed by atoms with Crippen LogP contribution in [0, 0.1) is 11.3 Å². The summed E-state index contributed by atoms with van der Waals surface area (Å²) in [5.41, 5.74) is -0.697. The summed E-state index contributed by atoms with van der Waals surface area (Å²) in [5, 5.41) is 19.8. The van der Waals surface area contributed by atoms with Crippen LogP contribution in [0.15, 0.2) is 0 Å². The molecule has 104 valence electrons. The Morgan fingerprint density at radius 2 is 1.67 bits per heavy atom. The van der Waals surface area contributed by atoms with Crippen molar-refractivity contribution < 1.29 is 24.6 Å². The lowest BCUT2D eigenvalue weighted by molar-refractivity contribution is -0.145. The first kappa shape index (κ1) is 16.4. The maximum atomic E-state index is 11.9. The molecule has 1 atom stereocenters. The molecule has 0 heterocycles. The Kier molecular flexibility index (Phi) is 5.81. The normalized spacial score (nSPS) is 13.2. The van der Waals surface area contributed by atoms with Crippen LogP contribution in [0.4, 0.5) is 0 Å². The highest BCUT2D eigenvalue weighted by Gasteiger charge is 2.34. The minimum atomic E-state index is -1.22. The first-order valence-electron chi connectivity index (χ1n) is 5.84. The van der Waals surface area contributed by atoms with Gasteiger partial charge in [0.2, 0.25) is 5.91 Å². The Morgan fingerprint density at radius 3 is 2.00 bits per heavy atom. The number of carboxylic acid groups (broad SMARTS) is 2. The van der Waals surface area contributed by atoms with Crippen molar-refractivity contribution >= 4 is 17.8 Å². The average Bonchev–Trinajstić information content (AvgIpc) is 2.22. The Morgan fingerprint density at radius 1 is 1.17 bits per heavy atom. The Hall–Kier alpha value is -1.59. The van der Waals surface area contributed by atoms with Crippen LogP contribution in [-0.4, -0.2) is 34.1 Å². The van der Waals surface area contributed by atoms with Crippen LogP contribution in [0.2, 0.25) is 0 Å². The van der Waals surface area contributed by atoms with E-state index in [9.17, 15) is 14.4 Å². The fourth-order valence-corrected chi connectivity index (χ4v) is 1.13. The molecular weight excluding hydrogens is 238 g/mol. The molecule has 3 N–H and O–H groups in total. The fraction of sp³-hybridized carbons (Fsp3) is 0.750. The molecule has 0 bridgehead atoms. The van der Waals surface area contributed by atoms with E-state index >= 15 is 0 Å². The molecule has 0 aromatic heterocycles. The van der Waals surface area contributed by atoms with Crippen LogP contribution >= 0.6 is 0 Å². The quantitative estimate of drug-likeness (QED) is 0.635. The molecule has 0 rings (SSSR count). The monoisotopic (exact) mass is 259 g/mol. The van der Waals surface area contributed by atoms with Gasteiger partial charge in [0.05, 0.1) is 0 Å². The zero-order chi connectivity index (χ0) is 14.5. The predicted octanol–water partition coefficient (Wildman–Crippen LogP) is 1.10. The van der Waals surface area contributed by atoms with Crippen LogP contribution in [0.25, 0.3) is 0 Å². The zero-order valence-electron chi connectivity index (χ0n) is 11.2. The summed E-state index contributed by atoms with van der Waals surface area (Å²) in [6, 6.07) is -1.16. The number of carbonyl (C=O) groups excluding carboxylic acids is 1. The van der Waals surface area contributed by atoms with Crippen molar-refractivity contribution in [1.29, 1.82) is 0 Å². The van der Waals surface area contributed by atoms with E-state index in [4.69, 9.17) is 10.2 Å². The Labute approximate surface area is 106 Å². The van der Waals surface area contributed by atoms with Crippen molar-refractivity contribution in [2.45, 2.75) is 46.6 Å². The van der Waals surface area contributed by atoms with E-state index in [2.05, 4.69) is 5.32 Å². The van der Waals surface area contributed by atoms with E-state index in [0.29, 0.717) is 0 Å². The largest absolute Gasteiger partial charge is 0.481 e. The number of carboxylic acids is 2. The fourth-order valence-electron chi connectivity index (χ4n) is 1.13. The highest BCUT2D eigenvalue weighted by Crippen LogP contribution is 2.26. The summed E-state index contributed by atoms with van der Waals surface area (Å²) in [4.78, 5) is 33.3. The van der Waals surface area contributed by atoms with Crippen molar-refractivity contribution in [3.63, 3.8) is 0 Å². The van der Waals surface area contributed by atoms with Gasteiger partial charge in [0.25, 0.3) is 0 Å². The van der Waals surface area contributed by atoms with Crippen molar-refractivity contribution in [3.05, 3.63) is 0 Å². The van der Waals surface area contributed by atoms with Gasteiger partial charge in [-0.25, -0.2) is 4.79 Å². The summed E-state index contributed by atoms with van der Waals surface area (Å²) >= 11 is 0. The van der Waals surface area contributed by atoms with Gasteiger partial charge in [-0.1, -0.05) is 27.7 Å². The van der Waals surface area contributed by atoms with Crippen molar-refractivity contribution in [3.8, 4) is 0 Å². The standard InChI is InChI=1S/C12H21NO5/c1-7(2)12(3,4)11(18)13-8(10(16)17)5-6-9(14)15/h7-8H,5-6H2,1-4H3,(H,13,18)(H,14,15)(H,16,17). The third-order valence-electron chi connectivity index (χ3n) is 3.28. The first-order chi connectivity index (χ1) is 8.09. The van der Waals surface area contributed by atoms with Crippen LogP contribution in [0.3, 0.4) is 0 Å². The SMILES string of the molecule is CC(C)C(C)(C)C(=O)NC(CCC(=O)O)C(=O)O. The van der Waals surface area contributed by atoms with Gasteiger partial charge >= 0.3 is 11.9 Å². The Bertz CT molecular complexity index is 335. The molecule has 0 spiro atoms. The summed E-state index contributed by atoms with van der Waals surface area (Å²) in [7, 11) is 0. The minimum Gasteiger partial charge on any atom is -0.481 e. The summed E-state index contributed by atoms with van der Waals surface area (Å²) < 4.78 is 0. The molecule has 0 fully saturated rings. The van der Waals surface area contributed by atoms with Gasteiger partial charge in [0.1, 0.15) is 6.04 Å². The second kappa shape index (κ2) is 6.37. The Balaban J connectivity index is 4.65. The number of nitrogens with one attached hydrogen (secondary N) is 1. The van der Waals surface area contributed by atoms with Crippen LogP contribution < -0.4 is 5.32 Å². The molecule has 0 aromatic rings. The lowest BCUT2D eigenvalue weighted by Crippen LogP contribution is -2.48. The predicted molar refractivity (Wildman–Crippen MR) is 65.1 cm³/mol. The molecule has 1 unspecified atom stereocenters. The molecule has 18 heavy (non-hydrogen) atoms. The second-order valence-electron chi connectivity index (χ2n) is 5.17. The molecule has 0 saturated carbocycles. The van der Waals surface area contributed by atoms with Crippen molar-refractivity contribution in [1.82, 2.24) is 5.32 Å². The highest BCUT2D eigenvalue weighted by atomic mass is 16.4.